The van der Waals surface area contributed by atoms with Crippen LogP contribution in [0, 0.1) is 10.1 Å². The van der Waals surface area contributed by atoms with Crippen molar-refractivity contribution in [2.24, 2.45) is 0 Å². The summed E-state index contributed by atoms with van der Waals surface area (Å²) in [4.78, 5) is 24.4. The Labute approximate surface area is 176 Å². The number of amides is 1. The van der Waals surface area contributed by atoms with Gasteiger partial charge in [0.25, 0.3) is 5.69 Å². The molecule has 2 aromatic rings. The molecule has 0 aliphatic carbocycles. The second-order valence-corrected chi connectivity index (χ2v) is 6.74. The fourth-order valence-electron chi connectivity index (χ4n) is 2.94. The Balaban J connectivity index is 2.15. The van der Waals surface area contributed by atoms with E-state index in [9.17, 15) is 28.1 Å². The van der Waals surface area contributed by atoms with Crippen molar-refractivity contribution in [3.05, 3.63) is 57.6 Å². The number of hydrogen-bond donors (Lipinski definition) is 1. The van der Waals surface area contributed by atoms with Gasteiger partial charge in [-0.05, 0) is 36.8 Å². The SMILES string of the molecule is COc1ccc(CN(C)C(=O)[C@@H](C)Nc2ccc(C(F)(F)F)cc2[N+](=O)[O-])cc1OC. The van der Waals surface area contributed by atoms with E-state index in [1.54, 1.807) is 25.2 Å². The largest absolute Gasteiger partial charge is 0.493 e. The third-order valence-corrected chi connectivity index (χ3v) is 4.51. The van der Waals surface area contributed by atoms with E-state index in [1.165, 1.54) is 26.0 Å². The molecule has 0 spiro atoms. The van der Waals surface area contributed by atoms with E-state index in [-0.39, 0.29) is 12.2 Å². The molecule has 0 saturated carbocycles. The van der Waals surface area contributed by atoms with Crippen LogP contribution in [0.3, 0.4) is 0 Å². The van der Waals surface area contributed by atoms with Crippen LogP contribution in [0.5, 0.6) is 11.5 Å². The van der Waals surface area contributed by atoms with Crippen molar-refractivity contribution in [3.8, 4) is 11.5 Å². The maximum atomic E-state index is 12.8. The molecule has 0 aromatic heterocycles. The number of benzene rings is 2. The van der Waals surface area contributed by atoms with Crippen molar-refractivity contribution >= 4 is 17.3 Å². The summed E-state index contributed by atoms with van der Waals surface area (Å²) in [5.41, 5.74) is -1.34. The number of methoxy groups -OCH3 is 2. The molecular formula is C20H22F3N3O5. The van der Waals surface area contributed by atoms with Gasteiger partial charge in [-0.25, -0.2) is 0 Å². The van der Waals surface area contributed by atoms with Gasteiger partial charge in [-0.3, -0.25) is 14.9 Å². The zero-order valence-electron chi connectivity index (χ0n) is 17.3. The van der Waals surface area contributed by atoms with E-state index in [0.29, 0.717) is 17.6 Å². The summed E-state index contributed by atoms with van der Waals surface area (Å²) in [7, 11) is 4.53. The number of nitrogens with zero attached hydrogens (tertiary/aromatic N) is 2. The first kappa shape index (κ1) is 23.8. The highest BCUT2D eigenvalue weighted by atomic mass is 19.4. The van der Waals surface area contributed by atoms with Crippen LogP contribution in [0.4, 0.5) is 24.5 Å². The minimum absolute atomic E-state index is 0.182. The van der Waals surface area contributed by atoms with E-state index in [1.807, 2.05) is 0 Å². The predicted octanol–water partition coefficient (Wildman–Crippen LogP) is 4.09. The third-order valence-electron chi connectivity index (χ3n) is 4.51. The fraction of sp³-hybridized carbons (Fsp3) is 0.350. The predicted molar refractivity (Wildman–Crippen MR) is 107 cm³/mol. The molecule has 0 aliphatic rings. The van der Waals surface area contributed by atoms with Crippen LogP contribution in [0.15, 0.2) is 36.4 Å². The van der Waals surface area contributed by atoms with Crippen molar-refractivity contribution in [2.45, 2.75) is 25.7 Å². The topological polar surface area (TPSA) is 93.9 Å². The highest BCUT2D eigenvalue weighted by Crippen LogP contribution is 2.35. The standard InChI is InChI=1S/C20H22F3N3O5/c1-12(24-15-7-6-14(20(21,22)23)10-16(15)26(28)29)19(27)25(2)11-13-5-8-17(30-3)18(9-13)31-4/h5-10,12,24H,11H2,1-4H3/t12-/m1/s1. The summed E-state index contributed by atoms with van der Waals surface area (Å²) in [5, 5.41) is 13.9. The summed E-state index contributed by atoms with van der Waals surface area (Å²) in [6.45, 7) is 1.68. The van der Waals surface area contributed by atoms with E-state index in [4.69, 9.17) is 9.47 Å². The van der Waals surface area contributed by atoms with Gasteiger partial charge in [-0.15, -0.1) is 0 Å². The van der Waals surface area contributed by atoms with Gasteiger partial charge in [-0.1, -0.05) is 6.07 Å². The maximum absolute atomic E-state index is 12.8. The molecule has 0 unspecified atom stereocenters. The van der Waals surface area contributed by atoms with E-state index >= 15 is 0 Å². The first-order chi connectivity index (χ1) is 14.5. The molecule has 1 atom stereocenters. The lowest BCUT2D eigenvalue weighted by molar-refractivity contribution is -0.384. The van der Waals surface area contributed by atoms with Gasteiger partial charge in [0.05, 0.1) is 24.7 Å². The molecule has 0 saturated heterocycles. The molecule has 1 N–H and O–H groups in total. The second-order valence-electron chi connectivity index (χ2n) is 6.74. The first-order valence-electron chi connectivity index (χ1n) is 9.06. The molecule has 2 rings (SSSR count). The fourth-order valence-corrected chi connectivity index (χ4v) is 2.94. The Kier molecular flexibility index (Phi) is 7.32. The highest BCUT2D eigenvalue weighted by molar-refractivity contribution is 5.85. The Hall–Kier alpha value is -3.50. The Morgan fingerprint density at radius 3 is 2.35 bits per heavy atom. The number of nitro groups is 1. The molecule has 0 heterocycles. The molecule has 0 fully saturated rings. The lowest BCUT2D eigenvalue weighted by atomic mass is 10.1. The van der Waals surface area contributed by atoms with Crippen LogP contribution in [-0.2, 0) is 17.5 Å². The van der Waals surface area contributed by atoms with Gasteiger partial charge in [-0.2, -0.15) is 13.2 Å². The molecule has 1 amide bonds. The molecule has 0 aliphatic heterocycles. The van der Waals surface area contributed by atoms with Crippen LogP contribution in [-0.4, -0.2) is 43.0 Å². The Morgan fingerprint density at radius 1 is 1.16 bits per heavy atom. The number of carbonyl (C=O) groups excluding carboxylic acids is 1. The third kappa shape index (κ3) is 5.77. The average Bonchev–Trinajstić information content (AvgIpc) is 2.72. The number of rotatable bonds is 8. The van der Waals surface area contributed by atoms with Gasteiger partial charge in [0, 0.05) is 19.7 Å². The lowest BCUT2D eigenvalue weighted by Gasteiger charge is -2.23. The molecular weight excluding hydrogens is 419 g/mol. The minimum atomic E-state index is -4.72. The normalized spacial score (nSPS) is 12.1. The Bertz CT molecular complexity index is 966. The van der Waals surface area contributed by atoms with E-state index in [0.717, 1.165) is 17.7 Å². The molecule has 0 bridgehead atoms. The van der Waals surface area contributed by atoms with E-state index < -0.39 is 34.3 Å². The summed E-state index contributed by atoms with van der Waals surface area (Å²) in [5.74, 6) is 0.612. The van der Waals surface area contributed by atoms with Crippen LogP contribution in [0.2, 0.25) is 0 Å². The minimum Gasteiger partial charge on any atom is -0.493 e. The van der Waals surface area contributed by atoms with Gasteiger partial charge in [0.1, 0.15) is 11.7 Å². The summed E-state index contributed by atoms with van der Waals surface area (Å²) < 4.78 is 48.9. The van der Waals surface area contributed by atoms with Crippen LogP contribution in [0.25, 0.3) is 0 Å². The van der Waals surface area contributed by atoms with Crippen LogP contribution in [0.1, 0.15) is 18.1 Å². The summed E-state index contributed by atoms with van der Waals surface area (Å²) in [6, 6.07) is 6.33. The smallest absolute Gasteiger partial charge is 0.416 e. The molecule has 8 nitrogen and oxygen atoms in total. The summed E-state index contributed by atoms with van der Waals surface area (Å²) in [6.07, 6.45) is -4.72. The maximum Gasteiger partial charge on any atom is 0.416 e. The molecule has 11 heteroatoms. The molecule has 0 radical (unpaired) electrons. The number of anilines is 1. The van der Waals surface area contributed by atoms with Crippen LogP contribution >= 0.6 is 0 Å². The van der Waals surface area contributed by atoms with Crippen molar-refractivity contribution in [1.29, 1.82) is 0 Å². The molecule has 2 aromatic carbocycles. The van der Waals surface area contributed by atoms with E-state index in [2.05, 4.69) is 5.32 Å². The van der Waals surface area contributed by atoms with Crippen molar-refractivity contribution < 1.29 is 32.4 Å². The monoisotopic (exact) mass is 441 g/mol. The molecule has 31 heavy (non-hydrogen) atoms. The summed E-state index contributed by atoms with van der Waals surface area (Å²) >= 11 is 0. The van der Waals surface area contributed by atoms with Gasteiger partial charge in [0.2, 0.25) is 5.91 Å². The average molecular weight is 441 g/mol. The van der Waals surface area contributed by atoms with Crippen molar-refractivity contribution in [2.75, 3.05) is 26.6 Å². The Morgan fingerprint density at radius 2 is 1.81 bits per heavy atom. The van der Waals surface area contributed by atoms with Crippen molar-refractivity contribution in [3.63, 3.8) is 0 Å². The van der Waals surface area contributed by atoms with Gasteiger partial charge < -0.3 is 19.7 Å². The zero-order valence-corrected chi connectivity index (χ0v) is 17.3. The van der Waals surface area contributed by atoms with Crippen LogP contribution < -0.4 is 14.8 Å². The number of hydrogen-bond acceptors (Lipinski definition) is 6. The number of ether oxygens (including phenoxy) is 2. The van der Waals surface area contributed by atoms with Gasteiger partial charge in [0.15, 0.2) is 11.5 Å². The number of nitro benzene ring substituents is 1. The lowest BCUT2D eigenvalue weighted by Crippen LogP contribution is -2.38. The van der Waals surface area contributed by atoms with Gasteiger partial charge >= 0.3 is 6.18 Å². The quantitative estimate of drug-likeness (QED) is 0.490. The van der Waals surface area contributed by atoms with Crippen molar-refractivity contribution in [1.82, 2.24) is 4.90 Å². The number of likely N-dealkylation sites (N-methyl/N-ethyl adjacent to an activating group) is 1. The second kappa shape index (κ2) is 9.54. The zero-order chi connectivity index (χ0) is 23.3. The number of carbonyl (C=O) groups is 1. The highest BCUT2D eigenvalue weighted by Gasteiger charge is 2.33. The number of nitrogens with one attached hydrogen (secondary N) is 1. The molecule has 168 valence electrons. The number of alkyl halides is 3. The number of halogens is 3. The first-order valence-corrected chi connectivity index (χ1v) is 9.06.